The van der Waals surface area contributed by atoms with Gasteiger partial charge in [-0.3, -0.25) is 9.78 Å². The number of nitrogens with zero attached hydrogens (tertiary/aromatic N) is 1. The van der Waals surface area contributed by atoms with E-state index < -0.39 is 0 Å². The van der Waals surface area contributed by atoms with Crippen molar-refractivity contribution in [1.82, 2.24) is 10.3 Å². The molecule has 25 heavy (non-hydrogen) atoms. The maximum atomic E-state index is 12.4. The molecule has 1 aromatic heterocycles. The second-order valence-corrected chi connectivity index (χ2v) is 7.30. The zero-order valence-electron chi connectivity index (χ0n) is 15.3. The molecule has 0 spiro atoms. The highest BCUT2D eigenvalue weighted by Gasteiger charge is 2.24. The fourth-order valence-corrected chi connectivity index (χ4v) is 2.84. The van der Waals surface area contributed by atoms with Crippen molar-refractivity contribution in [1.29, 1.82) is 0 Å². The van der Waals surface area contributed by atoms with E-state index in [2.05, 4.69) is 55.3 Å². The Hall–Kier alpha value is -2.20. The summed E-state index contributed by atoms with van der Waals surface area (Å²) < 4.78 is 0. The number of pyridine rings is 1. The van der Waals surface area contributed by atoms with Gasteiger partial charge >= 0.3 is 0 Å². The Kier molecular flexibility index (Phi) is 6.71. The van der Waals surface area contributed by atoms with E-state index in [1.807, 2.05) is 18.2 Å². The summed E-state index contributed by atoms with van der Waals surface area (Å²) in [5.41, 5.74) is 3.06. The van der Waals surface area contributed by atoms with Crippen LogP contribution in [0.15, 0.2) is 48.7 Å². The van der Waals surface area contributed by atoms with Crippen LogP contribution in [0.1, 0.15) is 37.1 Å². The van der Waals surface area contributed by atoms with Crippen molar-refractivity contribution in [3.05, 3.63) is 65.5 Å². The van der Waals surface area contributed by atoms with Crippen LogP contribution < -0.4 is 5.32 Å². The molecule has 0 saturated heterocycles. The fraction of sp³-hybridized carbons (Fsp3) is 0.429. The van der Waals surface area contributed by atoms with Crippen molar-refractivity contribution in [3.8, 4) is 0 Å². The first-order valence-electron chi connectivity index (χ1n) is 8.75. The third-order valence-electron chi connectivity index (χ3n) is 4.51. The number of aromatic nitrogens is 1. The van der Waals surface area contributed by atoms with Crippen molar-refractivity contribution >= 4 is 5.91 Å². The summed E-state index contributed by atoms with van der Waals surface area (Å²) in [6.45, 7) is 6.69. The number of aliphatic hydroxyl groups is 1. The summed E-state index contributed by atoms with van der Waals surface area (Å²) in [7, 11) is 0. The zero-order chi connectivity index (χ0) is 18.3. The van der Waals surface area contributed by atoms with Gasteiger partial charge in [0.1, 0.15) is 0 Å². The van der Waals surface area contributed by atoms with E-state index in [1.165, 1.54) is 5.56 Å². The van der Waals surface area contributed by atoms with E-state index in [0.717, 1.165) is 11.3 Å². The number of hydrogen-bond acceptors (Lipinski definition) is 3. The number of hydrogen-bond donors (Lipinski definition) is 2. The van der Waals surface area contributed by atoms with E-state index in [1.54, 1.807) is 6.20 Å². The second-order valence-electron chi connectivity index (χ2n) is 7.30. The Morgan fingerprint density at radius 2 is 1.92 bits per heavy atom. The van der Waals surface area contributed by atoms with Gasteiger partial charge in [0.05, 0.1) is 0 Å². The molecule has 2 rings (SSSR count). The van der Waals surface area contributed by atoms with Crippen LogP contribution in [0.2, 0.25) is 0 Å². The van der Waals surface area contributed by atoms with Crippen LogP contribution in [-0.2, 0) is 16.6 Å². The lowest BCUT2D eigenvalue weighted by molar-refractivity contribution is -0.122. The van der Waals surface area contributed by atoms with Crippen LogP contribution in [-0.4, -0.2) is 29.1 Å². The van der Waals surface area contributed by atoms with Gasteiger partial charge in [0.25, 0.3) is 0 Å². The number of carbonyl (C=O) groups excluding carboxylic acids is 1. The van der Waals surface area contributed by atoms with Gasteiger partial charge in [-0.15, -0.1) is 0 Å². The lowest BCUT2D eigenvalue weighted by Crippen LogP contribution is -2.35. The normalized spacial score (nSPS) is 12.6. The molecule has 0 aliphatic heterocycles. The Labute approximate surface area is 150 Å². The minimum absolute atomic E-state index is 0.00467. The Morgan fingerprint density at radius 1 is 1.20 bits per heavy atom. The highest BCUT2D eigenvalue weighted by atomic mass is 16.3. The highest BCUT2D eigenvalue weighted by Crippen LogP contribution is 2.27. The summed E-state index contributed by atoms with van der Waals surface area (Å²) in [5.74, 6) is -0.0219. The minimum Gasteiger partial charge on any atom is -0.396 e. The van der Waals surface area contributed by atoms with Gasteiger partial charge in [-0.1, -0.05) is 49.7 Å². The molecule has 0 aliphatic rings. The molecule has 134 valence electrons. The molecule has 1 atom stereocenters. The second kappa shape index (κ2) is 8.77. The smallest absolute Gasteiger partial charge is 0.220 e. The predicted molar refractivity (Wildman–Crippen MR) is 100 cm³/mol. The Morgan fingerprint density at radius 3 is 2.52 bits per heavy atom. The molecule has 0 bridgehead atoms. The molecule has 2 N–H and O–H groups in total. The first kappa shape index (κ1) is 19.1. The summed E-state index contributed by atoms with van der Waals surface area (Å²) in [6, 6.07) is 14.0. The third kappa shape index (κ3) is 5.98. The summed E-state index contributed by atoms with van der Waals surface area (Å²) >= 11 is 0. The molecule has 2 aromatic rings. The molecule has 4 heteroatoms. The van der Waals surface area contributed by atoms with Gasteiger partial charge in [-0.05, 0) is 36.5 Å². The molecule has 0 fully saturated rings. The molecule has 1 amide bonds. The average Bonchev–Trinajstić information content (AvgIpc) is 2.59. The van der Waals surface area contributed by atoms with Crippen LogP contribution in [0, 0.1) is 12.8 Å². The fourth-order valence-electron chi connectivity index (χ4n) is 2.84. The van der Waals surface area contributed by atoms with E-state index in [-0.39, 0.29) is 23.8 Å². The Bertz CT molecular complexity index is 666. The van der Waals surface area contributed by atoms with Crippen LogP contribution >= 0.6 is 0 Å². The first-order chi connectivity index (χ1) is 11.9. The minimum atomic E-state index is -0.229. The van der Waals surface area contributed by atoms with E-state index in [0.29, 0.717) is 19.4 Å². The number of aryl methyl sites for hydroxylation is 1. The van der Waals surface area contributed by atoms with E-state index in [4.69, 9.17) is 0 Å². The molecule has 0 aliphatic carbocycles. The number of benzene rings is 1. The van der Waals surface area contributed by atoms with Gasteiger partial charge in [0.2, 0.25) is 5.91 Å². The first-order valence-corrected chi connectivity index (χ1v) is 8.75. The maximum absolute atomic E-state index is 12.4. The number of nitrogens with one attached hydrogen (secondary N) is 1. The molecule has 1 heterocycles. The standard InChI is InChI=1S/C21H28N2O2/c1-16-7-9-18(10-8-16)21(2,3)13-20(25)23-14-17(15-24)12-19-6-4-5-11-22-19/h4-11,17,24H,12-15H2,1-3H3,(H,23,25). The van der Waals surface area contributed by atoms with Crippen molar-refractivity contribution < 1.29 is 9.90 Å². The third-order valence-corrected chi connectivity index (χ3v) is 4.51. The van der Waals surface area contributed by atoms with Crippen LogP contribution in [0.25, 0.3) is 0 Å². The quantitative estimate of drug-likeness (QED) is 0.776. The van der Waals surface area contributed by atoms with Crippen molar-refractivity contribution in [2.24, 2.45) is 5.92 Å². The van der Waals surface area contributed by atoms with Crippen molar-refractivity contribution in [3.63, 3.8) is 0 Å². The molecule has 4 nitrogen and oxygen atoms in total. The summed E-state index contributed by atoms with van der Waals surface area (Å²) in [5, 5.41) is 12.5. The number of rotatable bonds is 8. The molecule has 1 unspecified atom stereocenters. The number of amides is 1. The molecule has 0 radical (unpaired) electrons. The van der Waals surface area contributed by atoms with Crippen molar-refractivity contribution in [2.75, 3.05) is 13.2 Å². The zero-order valence-corrected chi connectivity index (χ0v) is 15.3. The van der Waals surface area contributed by atoms with Crippen LogP contribution in [0.4, 0.5) is 0 Å². The Balaban J connectivity index is 1.87. The average molecular weight is 340 g/mol. The lowest BCUT2D eigenvalue weighted by Gasteiger charge is -2.25. The number of carbonyl (C=O) groups is 1. The lowest BCUT2D eigenvalue weighted by atomic mass is 9.81. The summed E-state index contributed by atoms with van der Waals surface area (Å²) in [6.07, 6.45) is 2.81. The van der Waals surface area contributed by atoms with E-state index in [9.17, 15) is 9.90 Å². The maximum Gasteiger partial charge on any atom is 0.220 e. The summed E-state index contributed by atoms with van der Waals surface area (Å²) in [4.78, 5) is 16.6. The number of aliphatic hydroxyl groups excluding tert-OH is 1. The topological polar surface area (TPSA) is 62.2 Å². The van der Waals surface area contributed by atoms with E-state index >= 15 is 0 Å². The molecule has 0 saturated carbocycles. The monoisotopic (exact) mass is 340 g/mol. The SMILES string of the molecule is Cc1ccc(C(C)(C)CC(=O)NCC(CO)Cc2ccccn2)cc1. The molecular formula is C21H28N2O2. The van der Waals surface area contributed by atoms with Crippen LogP contribution in [0.5, 0.6) is 0 Å². The molecular weight excluding hydrogens is 312 g/mol. The molecule has 1 aromatic carbocycles. The van der Waals surface area contributed by atoms with Gasteiger partial charge in [0, 0.05) is 37.4 Å². The largest absolute Gasteiger partial charge is 0.396 e. The highest BCUT2D eigenvalue weighted by molar-refractivity contribution is 5.77. The van der Waals surface area contributed by atoms with Crippen molar-refractivity contribution in [2.45, 2.75) is 39.0 Å². The predicted octanol–water partition coefficient (Wildman–Crippen LogP) is 3.03. The van der Waals surface area contributed by atoms with Crippen LogP contribution in [0.3, 0.4) is 0 Å². The van der Waals surface area contributed by atoms with Gasteiger partial charge in [-0.2, -0.15) is 0 Å². The van der Waals surface area contributed by atoms with Gasteiger partial charge in [0.15, 0.2) is 0 Å². The van der Waals surface area contributed by atoms with Gasteiger partial charge in [-0.25, -0.2) is 0 Å². The van der Waals surface area contributed by atoms with Gasteiger partial charge < -0.3 is 10.4 Å².